The molecule has 1 aliphatic carbocycles. The molecule has 1 heterocycles. The minimum Gasteiger partial charge on any atom is -0.380 e. The third-order valence-corrected chi connectivity index (χ3v) is 5.46. The van der Waals surface area contributed by atoms with E-state index in [-0.39, 0.29) is 11.9 Å². The lowest BCUT2D eigenvalue weighted by molar-refractivity contribution is 0.0922. The van der Waals surface area contributed by atoms with Crippen molar-refractivity contribution in [1.29, 1.82) is 0 Å². The molecule has 122 valence electrons. The summed E-state index contributed by atoms with van der Waals surface area (Å²) in [6, 6.07) is 12.0. The van der Waals surface area contributed by atoms with Crippen molar-refractivity contribution in [2.75, 3.05) is 7.11 Å². The molecular weight excluding hydrogens is 306 g/mol. The molecular formula is C19H23NO2S. The molecule has 3 nitrogen and oxygen atoms in total. The molecule has 1 N–H and O–H groups in total. The maximum Gasteiger partial charge on any atom is 0.251 e. The van der Waals surface area contributed by atoms with E-state index in [1.807, 2.05) is 24.3 Å². The number of benzene rings is 1. The number of carbonyl (C=O) groups is 1. The lowest BCUT2D eigenvalue weighted by atomic mass is 9.96. The van der Waals surface area contributed by atoms with Crippen molar-refractivity contribution in [3.63, 3.8) is 0 Å². The van der Waals surface area contributed by atoms with Crippen molar-refractivity contribution in [2.24, 2.45) is 5.92 Å². The number of carbonyl (C=O) groups excluding carboxylic acids is 1. The molecule has 1 aromatic carbocycles. The average molecular weight is 329 g/mol. The summed E-state index contributed by atoms with van der Waals surface area (Å²) in [5, 5.41) is 5.36. The zero-order valence-electron chi connectivity index (χ0n) is 13.5. The van der Waals surface area contributed by atoms with Crippen LogP contribution in [0.5, 0.6) is 0 Å². The minimum absolute atomic E-state index is 0.00764. The third kappa shape index (κ3) is 4.01. The summed E-state index contributed by atoms with van der Waals surface area (Å²) in [6.45, 7) is 0.526. The predicted octanol–water partition coefficient (Wildman–Crippen LogP) is 4.56. The standard InChI is InChI=1S/C19H23NO2S/c1-22-13-14-6-4-9-16(12-14)19(21)20-18(15-7-2-3-8-15)17-10-5-11-23-17/h4-6,9-12,15,18H,2-3,7-8,13H2,1H3,(H,20,21)/t18-/m1/s1. The van der Waals surface area contributed by atoms with E-state index in [9.17, 15) is 4.79 Å². The lowest BCUT2D eigenvalue weighted by Crippen LogP contribution is -2.32. The normalized spacial score (nSPS) is 16.4. The van der Waals surface area contributed by atoms with E-state index in [1.165, 1.54) is 30.6 Å². The van der Waals surface area contributed by atoms with Gasteiger partial charge in [0.2, 0.25) is 0 Å². The highest BCUT2D eigenvalue weighted by Crippen LogP contribution is 2.37. The fourth-order valence-electron chi connectivity index (χ4n) is 3.37. The lowest BCUT2D eigenvalue weighted by Gasteiger charge is -2.24. The molecule has 23 heavy (non-hydrogen) atoms. The van der Waals surface area contributed by atoms with Crippen molar-refractivity contribution in [2.45, 2.75) is 38.3 Å². The Morgan fingerprint density at radius 1 is 1.30 bits per heavy atom. The second-order valence-electron chi connectivity index (χ2n) is 6.14. The first-order valence-electron chi connectivity index (χ1n) is 8.20. The van der Waals surface area contributed by atoms with Gasteiger partial charge < -0.3 is 10.1 Å². The topological polar surface area (TPSA) is 38.3 Å². The Hall–Kier alpha value is -1.65. The molecule has 1 aliphatic rings. The Bertz CT molecular complexity index is 633. The summed E-state index contributed by atoms with van der Waals surface area (Å²) in [5.41, 5.74) is 1.73. The van der Waals surface area contributed by atoms with Gasteiger partial charge in [0, 0.05) is 17.6 Å². The third-order valence-electron chi connectivity index (χ3n) is 4.51. The molecule has 1 aromatic heterocycles. The van der Waals surface area contributed by atoms with Crippen LogP contribution in [-0.2, 0) is 11.3 Å². The molecule has 1 fully saturated rings. The van der Waals surface area contributed by atoms with Gasteiger partial charge in [-0.1, -0.05) is 31.0 Å². The van der Waals surface area contributed by atoms with Crippen LogP contribution in [0.3, 0.4) is 0 Å². The number of nitrogens with one attached hydrogen (secondary N) is 1. The van der Waals surface area contributed by atoms with Gasteiger partial charge in [-0.15, -0.1) is 11.3 Å². The Balaban J connectivity index is 1.76. The van der Waals surface area contributed by atoms with Crippen molar-refractivity contribution in [1.82, 2.24) is 5.32 Å². The van der Waals surface area contributed by atoms with Gasteiger partial charge in [0.05, 0.1) is 12.6 Å². The Morgan fingerprint density at radius 3 is 2.83 bits per heavy atom. The molecule has 3 rings (SSSR count). The number of ether oxygens (including phenoxy) is 1. The minimum atomic E-state index is 0.00764. The summed E-state index contributed by atoms with van der Waals surface area (Å²) >= 11 is 1.73. The summed E-state index contributed by atoms with van der Waals surface area (Å²) in [4.78, 5) is 14.0. The largest absolute Gasteiger partial charge is 0.380 e. The fraction of sp³-hybridized carbons (Fsp3) is 0.421. The number of hydrogen-bond donors (Lipinski definition) is 1. The molecule has 0 radical (unpaired) electrons. The highest BCUT2D eigenvalue weighted by Gasteiger charge is 2.28. The van der Waals surface area contributed by atoms with Crippen LogP contribution < -0.4 is 5.32 Å². The van der Waals surface area contributed by atoms with Crippen molar-refractivity contribution in [3.8, 4) is 0 Å². The van der Waals surface area contributed by atoms with Crippen LogP contribution in [0.25, 0.3) is 0 Å². The van der Waals surface area contributed by atoms with Crippen molar-refractivity contribution >= 4 is 17.2 Å². The van der Waals surface area contributed by atoms with E-state index in [0.29, 0.717) is 18.1 Å². The number of methoxy groups -OCH3 is 1. The van der Waals surface area contributed by atoms with E-state index in [0.717, 1.165) is 5.56 Å². The van der Waals surface area contributed by atoms with E-state index in [4.69, 9.17) is 4.74 Å². The van der Waals surface area contributed by atoms with Gasteiger partial charge in [-0.3, -0.25) is 4.79 Å². The molecule has 1 saturated carbocycles. The van der Waals surface area contributed by atoms with Crippen molar-refractivity contribution < 1.29 is 9.53 Å². The van der Waals surface area contributed by atoms with Gasteiger partial charge >= 0.3 is 0 Å². The highest BCUT2D eigenvalue weighted by molar-refractivity contribution is 7.10. The first kappa shape index (κ1) is 16.2. The van der Waals surface area contributed by atoms with Gasteiger partial charge in [-0.05, 0) is 47.9 Å². The van der Waals surface area contributed by atoms with Crippen molar-refractivity contribution in [3.05, 3.63) is 57.8 Å². The number of thiophene rings is 1. The first-order valence-corrected chi connectivity index (χ1v) is 9.08. The van der Waals surface area contributed by atoms with Gasteiger partial charge in [0.15, 0.2) is 0 Å². The SMILES string of the molecule is COCc1cccc(C(=O)N[C@@H](c2cccs2)C2CCCC2)c1. The van der Waals surface area contributed by atoms with Crippen LogP contribution >= 0.6 is 11.3 Å². The second kappa shape index (κ2) is 7.75. The molecule has 2 aromatic rings. The molecule has 0 bridgehead atoms. The molecule has 1 amide bonds. The zero-order valence-corrected chi connectivity index (χ0v) is 14.3. The van der Waals surface area contributed by atoms with Crippen LogP contribution in [-0.4, -0.2) is 13.0 Å². The van der Waals surface area contributed by atoms with Gasteiger partial charge in [-0.2, -0.15) is 0 Å². The summed E-state index contributed by atoms with van der Waals surface area (Å²) in [5.74, 6) is 0.563. The zero-order chi connectivity index (χ0) is 16.1. The maximum atomic E-state index is 12.7. The predicted molar refractivity (Wildman–Crippen MR) is 93.6 cm³/mol. The van der Waals surface area contributed by atoms with Crippen LogP contribution in [0.15, 0.2) is 41.8 Å². The number of amides is 1. The first-order chi connectivity index (χ1) is 11.3. The van der Waals surface area contributed by atoms with Gasteiger partial charge in [0.1, 0.15) is 0 Å². The molecule has 1 atom stereocenters. The fourth-order valence-corrected chi connectivity index (χ4v) is 4.24. The van der Waals surface area contributed by atoms with E-state index in [2.05, 4.69) is 22.8 Å². The quantitative estimate of drug-likeness (QED) is 0.844. The molecule has 0 unspecified atom stereocenters. The summed E-state index contributed by atoms with van der Waals surface area (Å²) < 4.78 is 5.15. The monoisotopic (exact) mass is 329 g/mol. The smallest absolute Gasteiger partial charge is 0.251 e. The number of rotatable bonds is 6. The van der Waals surface area contributed by atoms with Crippen LogP contribution in [0.2, 0.25) is 0 Å². The number of hydrogen-bond acceptors (Lipinski definition) is 3. The molecule has 4 heteroatoms. The summed E-state index contributed by atoms with van der Waals surface area (Å²) in [7, 11) is 1.67. The van der Waals surface area contributed by atoms with Gasteiger partial charge in [-0.25, -0.2) is 0 Å². The molecule has 0 aliphatic heterocycles. The van der Waals surface area contributed by atoms with Gasteiger partial charge in [0.25, 0.3) is 5.91 Å². The Morgan fingerprint density at radius 2 is 2.13 bits per heavy atom. The van der Waals surface area contributed by atoms with E-state index < -0.39 is 0 Å². The van der Waals surface area contributed by atoms with Crippen LogP contribution in [0, 0.1) is 5.92 Å². The van der Waals surface area contributed by atoms with E-state index in [1.54, 1.807) is 18.4 Å². The maximum absolute atomic E-state index is 12.7. The van der Waals surface area contributed by atoms with Crippen LogP contribution in [0.1, 0.15) is 52.5 Å². The summed E-state index contributed by atoms with van der Waals surface area (Å²) in [6.07, 6.45) is 4.94. The molecule has 0 spiro atoms. The Kier molecular flexibility index (Phi) is 5.47. The molecule has 0 saturated heterocycles. The van der Waals surface area contributed by atoms with Crippen LogP contribution in [0.4, 0.5) is 0 Å². The Labute approximate surface area is 141 Å². The highest BCUT2D eigenvalue weighted by atomic mass is 32.1. The average Bonchev–Trinajstić information content (AvgIpc) is 3.27. The van der Waals surface area contributed by atoms with E-state index >= 15 is 0 Å². The second-order valence-corrected chi connectivity index (χ2v) is 7.12.